The van der Waals surface area contributed by atoms with E-state index in [2.05, 4.69) is 4.98 Å². The molecule has 1 heterocycles. The van der Waals surface area contributed by atoms with Gasteiger partial charge in [-0.25, -0.2) is 0 Å². The maximum atomic E-state index is 12.8. The van der Waals surface area contributed by atoms with Crippen molar-refractivity contribution in [1.82, 2.24) is 4.98 Å². The lowest BCUT2D eigenvalue weighted by Crippen LogP contribution is -2.24. The van der Waals surface area contributed by atoms with E-state index in [9.17, 15) is 14.2 Å². The maximum absolute atomic E-state index is 12.8. The summed E-state index contributed by atoms with van der Waals surface area (Å²) in [7, 11) is -4.97. The second-order valence-electron chi connectivity index (χ2n) is 3.84. The molecule has 1 aromatic rings. The topological polar surface area (TPSA) is 95.0 Å². The molecule has 9 heteroatoms. The van der Waals surface area contributed by atoms with E-state index in [0.717, 1.165) is 0 Å². The van der Waals surface area contributed by atoms with Crippen LogP contribution in [0.5, 0.6) is 5.75 Å². The molecule has 1 aromatic heterocycles. The van der Waals surface area contributed by atoms with Crippen LogP contribution in [0.2, 0.25) is 0 Å². The average Bonchev–Trinajstić information content (AvgIpc) is 2.47. The number of rotatable bonds is 9. The smallest absolute Gasteiger partial charge is 0.380 e. The minimum atomic E-state index is -4.13. The second kappa shape index (κ2) is 7.97. The number of aromatic nitrogens is 1. The highest BCUT2D eigenvalue weighted by molar-refractivity contribution is 7.63. The second-order valence-corrected chi connectivity index (χ2v) is 7.18. The normalized spacial score (nSPS) is 14.9. The number of hydrogen-bond acceptors (Lipinski definition) is 7. The van der Waals surface area contributed by atoms with Gasteiger partial charge in [-0.15, -0.1) is 0 Å². The number of aliphatic hydroxyl groups is 1. The van der Waals surface area contributed by atoms with E-state index in [4.69, 9.17) is 13.8 Å². The summed E-state index contributed by atoms with van der Waals surface area (Å²) in [5.74, 6) is 0.172. The summed E-state index contributed by atoms with van der Waals surface area (Å²) >= 11 is 0. The maximum Gasteiger partial charge on any atom is 0.380 e. The van der Waals surface area contributed by atoms with Crippen LogP contribution in [-0.2, 0) is 23.3 Å². The van der Waals surface area contributed by atoms with E-state index < -0.39 is 21.1 Å². The van der Waals surface area contributed by atoms with Gasteiger partial charge in [-0.05, 0) is 32.9 Å². The molecule has 1 N–H and O–H groups in total. The molecule has 0 aliphatic rings. The van der Waals surface area contributed by atoms with Crippen molar-refractivity contribution in [2.75, 3.05) is 19.8 Å². The third kappa shape index (κ3) is 3.68. The third-order valence-electron chi connectivity index (χ3n) is 2.50. The average molecular weight is 335 g/mol. The Labute approximate surface area is 125 Å². The molecule has 0 aliphatic heterocycles. The van der Waals surface area contributed by atoms with E-state index in [0.29, 0.717) is 6.61 Å². The standard InChI is InChI=1S/C12H19NO6P2/c1-4-17-10-8-7-9-13-11(10)12(14,20-15)21(16,18-5-2)19-6-3/h7-9,14H,4-6H2,1-3H3/t12-/m1/s1. The Hall–Kier alpha value is -0.840. The van der Waals surface area contributed by atoms with Crippen LogP contribution in [0.15, 0.2) is 18.3 Å². The quantitative estimate of drug-likeness (QED) is 0.693. The fraction of sp³-hybridized carbons (Fsp3) is 0.583. The molecule has 118 valence electrons. The zero-order valence-corrected chi connectivity index (χ0v) is 14.0. The van der Waals surface area contributed by atoms with Crippen molar-refractivity contribution < 1.29 is 28.0 Å². The monoisotopic (exact) mass is 335 g/mol. The summed E-state index contributed by atoms with van der Waals surface area (Å²) in [6.07, 6.45) is 1.37. The van der Waals surface area contributed by atoms with Gasteiger partial charge in [-0.1, -0.05) is 0 Å². The largest absolute Gasteiger partial charge is 0.492 e. The summed E-state index contributed by atoms with van der Waals surface area (Å²) < 4.78 is 40.0. The van der Waals surface area contributed by atoms with Gasteiger partial charge in [0.05, 0.1) is 19.8 Å². The summed E-state index contributed by atoms with van der Waals surface area (Å²) in [6.45, 7) is 5.27. The number of pyridine rings is 1. The molecule has 0 aromatic carbocycles. The zero-order chi connectivity index (χ0) is 15.9. The highest BCUT2D eigenvalue weighted by Gasteiger charge is 2.55. The molecule has 0 spiro atoms. The van der Waals surface area contributed by atoms with Crippen molar-refractivity contribution in [3.8, 4) is 5.75 Å². The van der Waals surface area contributed by atoms with Gasteiger partial charge in [-0.2, -0.15) is 0 Å². The molecule has 0 aliphatic carbocycles. The molecule has 0 amide bonds. The zero-order valence-electron chi connectivity index (χ0n) is 12.2. The predicted octanol–water partition coefficient (Wildman–Crippen LogP) is 3.14. The van der Waals surface area contributed by atoms with Gasteiger partial charge in [0.25, 0.3) is 5.08 Å². The van der Waals surface area contributed by atoms with Crippen molar-refractivity contribution >= 4 is 16.1 Å². The summed E-state index contributed by atoms with van der Waals surface area (Å²) in [5.41, 5.74) is -0.145. The molecule has 0 fully saturated rings. The van der Waals surface area contributed by atoms with Crippen LogP contribution in [0.3, 0.4) is 0 Å². The van der Waals surface area contributed by atoms with E-state index >= 15 is 0 Å². The summed E-state index contributed by atoms with van der Waals surface area (Å²) in [4.78, 5) is 3.96. The first-order valence-electron chi connectivity index (χ1n) is 6.53. The number of nitrogens with zero attached hydrogens (tertiary/aromatic N) is 1. The van der Waals surface area contributed by atoms with E-state index in [1.54, 1.807) is 26.8 Å². The van der Waals surface area contributed by atoms with Crippen LogP contribution < -0.4 is 4.74 Å². The Morgan fingerprint density at radius 3 is 2.38 bits per heavy atom. The first-order valence-corrected chi connectivity index (χ1v) is 8.88. The van der Waals surface area contributed by atoms with Crippen molar-refractivity contribution in [3.05, 3.63) is 24.0 Å². The van der Waals surface area contributed by atoms with E-state index in [1.807, 2.05) is 0 Å². The molecule has 0 unspecified atom stereocenters. The molecule has 1 rings (SSSR count). The Bertz CT molecular complexity index is 516. The van der Waals surface area contributed by atoms with Gasteiger partial charge in [0.15, 0.2) is 0 Å². The van der Waals surface area contributed by atoms with Crippen LogP contribution in [0, 0.1) is 0 Å². The number of ether oxygens (including phenoxy) is 1. The first kappa shape index (κ1) is 18.2. The first-order chi connectivity index (χ1) is 9.99. The highest BCUT2D eigenvalue weighted by atomic mass is 31.2. The lowest BCUT2D eigenvalue weighted by molar-refractivity contribution is 0.120. The highest BCUT2D eigenvalue weighted by Crippen LogP contribution is 2.68. The van der Waals surface area contributed by atoms with Crippen molar-refractivity contribution in [1.29, 1.82) is 0 Å². The molecule has 0 bridgehead atoms. The molecule has 21 heavy (non-hydrogen) atoms. The molecule has 0 saturated heterocycles. The van der Waals surface area contributed by atoms with Gasteiger partial charge in [0, 0.05) is 6.20 Å². The van der Waals surface area contributed by atoms with Crippen molar-refractivity contribution in [2.24, 2.45) is 0 Å². The van der Waals surface area contributed by atoms with Crippen LogP contribution >= 0.6 is 16.1 Å². The lowest BCUT2D eigenvalue weighted by Gasteiger charge is -2.29. The number of hydrogen-bond donors (Lipinski definition) is 1. The summed E-state index contributed by atoms with van der Waals surface area (Å²) in [6, 6.07) is 3.12. The SMILES string of the molecule is CCOc1cccnc1[C@@](O)(P=O)P(=O)(OCC)OCC. The third-order valence-corrected chi connectivity index (χ3v) is 6.11. The van der Waals surface area contributed by atoms with E-state index in [-0.39, 0.29) is 24.7 Å². The van der Waals surface area contributed by atoms with Crippen LogP contribution in [0.4, 0.5) is 0 Å². The molecule has 1 atom stereocenters. The Kier molecular flexibility index (Phi) is 6.91. The minimum Gasteiger partial charge on any atom is -0.492 e. The van der Waals surface area contributed by atoms with Gasteiger partial charge >= 0.3 is 7.60 Å². The Morgan fingerprint density at radius 2 is 1.90 bits per heavy atom. The van der Waals surface area contributed by atoms with Crippen molar-refractivity contribution in [3.63, 3.8) is 0 Å². The van der Waals surface area contributed by atoms with E-state index in [1.165, 1.54) is 12.3 Å². The van der Waals surface area contributed by atoms with Crippen LogP contribution in [0.1, 0.15) is 26.5 Å². The van der Waals surface area contributed by atoms with Gasteiger partial charge < -0.3 is 18.9 Å². The van der Waals surface area contributed by atoms with Gasteiger partial charge in [-0.3, -0.25) is 14.1 Å². The Morgan fingerprint density at radius 1 is 1.29 bits per heavy atom. The van der Waals surface area contributed by atoms with Gasteiger partial charge in [0.1, 0.15) is 11.4 Å². The molecular weight excluding hydrogens is 316 g/mol. The minimum absolute atomic E-state index is 0.0198. The molecule has 0 radical (unpaired) electrons. The summed E-state index contributed by atoms with van der Waals surface area (Å²) in [5, 5.41) is 8.27. The predicted molar refractivity (Wildman–Crippen MR) is 77.8 cm³/mol. The fourth-order valence-corrected chi connectivity index (χ4v) is 4.24. The lowest BCUT2D eigenvalue weighted by atomic mass is 10.3. The Balaban J connectivity index is 3.43. The fourth-order valence-electron chi connectivity index (χ4n) is 1.69. The molecule has 7 nitrogen and oxygen atoms in total. The van der Waals surface area contributed by atoms with Crippen LogP contribution in [0.25, 0.3) is 0 Å². The van der Waals surface area contributed by atoms with Crippen LogP contribution in [-0.4, -0.2) is 29.9 Å². The molecule has 0 saturated carbocycles. The van der Waals surface area contributed by atoms with Gasteiger partial charge in [0.2, 0.25) is 8.46 Å². The van der Waals surface area contributed by atoms with Crippen molar-refractivity contribution in [2.45, 2.75) is 25.9 Å². The molecular formula is C12H19NO6P2.